The minimum absolute atomic E-state index is 0.130. The highest BCUT2D eigenvalue weighted by atomic mass is 32.1. The van der Waals surface area contributed by atoms with Crippen molar-refractivity contribution in [3.05, 3.63) is 40.2 Å². The molecule has 1 aliphatic heterocycles. The van der Waals surface area contributed by atoms with Crippen molar-refractivity contribution in [3.8, 4) is 0 Å². The largest absolute Gasteiger partial charge is 0.375 e. The van der Waals surface area contributed by atoms with Gasteiger partial charge in [-0.05, 0) is 37.5 Å². The Morgan fingerprint density at radius 1 is 1.24 bits per heavy atom. The molecule has 2 heterocycles. The number of aryl methyl sites for hydroxylation is 1. The fraction of sp³-hybridized carbons (Fsp3) is 0.368. The fourth-order valence-electron chi connectivity index (χ4n) is 3.16. The lowest BCUT2D eigenvalue weighted by Gasteiger charge is -2.39. The van der Waals surface area contributed by atoms with Crippen LogP contribution in [0.5, 0.6) is 0 Å². The van der Waals surface area contributed by atoms with Gasteiger partial charge in [0.15, 0.2) is 5.13 Å². The summed E-state index contributed by atoms with van der Waals surface area (Å²) in [5, 5.41) is 5.67. The summed E-state index contributed by atoms with van der Waals surface area (Å²) < 4.78 is 14.4. The Labute approximate surface area is 170 Å². The Balaban J connectivity index is 1.41. The van der Waals surface area contributed by atoms with Gasteiger partial charge in [0.1, 0.15) is 10.7 Å². The standard InChI is InChI=1S/C19H20FN5O3S/c1-9-4-13(20)12(5-14(9)24-17(27)15-6-22-19(21)29-15)16(26)23-11-7-25(8-11)18(28)10-2-3-10/h4-6,10-11H,2-3,7-8H2,1H3,(H2,21,22)(H,23,26)(H,24,27). The molecular formula is C19H20FN5O3S. The molecule has 0 spiro atoms. The zero-order valence-electron chi connectivity index (χ0n) is 15.7. The molecular weight excluding hydrogens is 397 g/mol. The number of amides is 3. The van der Waals surface area contributed by atoms with Crippen molar-refractivity contribution >= 4 is 39.9 Å². The molecule has 2 fully saturated rings. The molecule has 0 unspecified atom stereocenters. The number of hydrogen-bond donors (Lipinski definition) is 3. The molecule has 4 N–H and O–H groups in total. The van der Waals surface area contributed by atoms with Crippen LogP contribution in [-0.4, -0.2) is 46.7 Å². The van der Waals surface area contributed by atoms with E-state index in [9.17, 15) is 18.8 Å². The van der Waals surface area contributed by atoms with Gasteiger partial charge >= 0.3 is 0 Å². The van der Waals surface area contributed by atoms with Crippen molar-refractivity contribution in [2.45, 2.75) is 25.8 Å². The lowest BCUT2D eigenvalue weighted by molar-refractivity contribution is -0.137. The number of hydrogen-bond acceptors (Lipinski definition) is 6. The monoisotopic (exact) mass is 417 g/mol. The van der Waals surface area contributed by atoms with Crippen LogP contribution in [0.3, 0.4) is 0 Å². The SMILES string of the molecule is Cc1cc(F)c(C(=O)NC2CN(C(=O)C3CC3)C2)cc1NC(=O)c1cnc(N)s1. The summed E-state index contributed by atoms with van der Waals surface area (Å²) in [6.45, 7) is 2.50. The second-order valence-electron chi connectivity index (χ2n) is 7.35. The Bertz CT molecular complexity index is 998. The number of carbonyl (C=O) groups excluding carboxylic acids is 3. The first kappa shape index (κ1) is 19.3. The molecule has 1 aliphatic carbocycles. The summed E-state index contributed by atoms with van der Waals surface area (Å²) in [5.41, 5.74) is 6.18. The summed E-state index contributed by atoms with van der Waals surface area (Å²) in [6.07, 6.45) is 3.22. The van der Waals surface area contributed by atoms with Crippen LogP contribution < -0.4 is 16.4 Å². The third kappa shape index (κ3) is 4.07. The van der Waals surface area contributed by atoms with Crippen molar-refractivity contribution in [1.29, 1.82) is 0 Å². The van der Waals surface area contributed by atoms with E-state index in [1.165, 1.54) is 18.3 Å². The third-order valence-corrected chi connectivity index (χ3v) is 5.83. The van der Waals surface area contributed by atoms with Crippen LogP contribution in [-0.2, 0) is 4.79 Å². The van der Waals surface area contributed by atoms with Crippen LogP contribution in [0.25, 0.3) is 0 Å². The van der Waals surface area contributed by atoms with Gasteiger partial charge < -0.3 is 21.3 Å². The lowest BCUT2D eigenvalue weighted by Crippen LogP contribution is -2.61. The Morgan fingerprint density at radius 3 is 2.59 bits per heavy atom. The Morgan fingerprint density at radius 2 is 1.97 bits per heavy atom. The number of likely N-dealkylation sites (tertiary alicyclic amines) is 1. The number of thiazole rings is 1. The van der Waals surface area contributed by atoms with Crippen LogP contribution in [0.1, 0.15) is 38.4 Å². The van der Waals surface area contributed by atoms with E-state index < -0.39 is 17.6 Å². The van der Waals surface area contributed by atoms with Gasteiger partial charge in [0.05, 0.1) is 17.8 Å². The molecule has 1 aromatic carbocycles. The van der Waals surface area contributed by atoms with E-state index >= 15 is 0 Å². The molecule has 3 amide bonds. The number of nitrogens with two attached hydrogens (primary N) is 1. The topological polar surface area (TPSA) is 117 Å². The first-order valence-electron chi connectivity index (χ1n) is 9.24. The quantitative estimate of drug-likeness (QED) is 0.685. The smallest absolute Gasteiger partial charge is 0.267 e. The number of rotatable bonds is 5. The van der Waals surface area contributed by atoms with Gasteiger partial charge in [-0.25, -0.2) is 9.37 Å². The van der Waals surface area contributed by atoms with Gasteiger partial charge in [-0.2, -0.15) is 0 Å². The number of nitrogen functional groups attached to an aromatic ring is 1. The van der Waals surface area contributed by atoms with Crippen LogP contribution in [0.2, 0.25) is 0 Å². The molecule has 29 heavy (non-hydrogen) atoms. The van der Waals surface area contributed by atoms with E-state index in [-0.39, 0.29) is 28.6 Å². The molecule has 2 aliphatic rings. The van der Waals surface area contributed by atoms with E-state index in [1.807, 2.05) is 0 Å². The van der Waals surface area contributed by atoms with Gasteiger partial charge in [-0.1, -0.05) is 11.3 Å². The van der Waals surface area contributed by atoms with Crippen LogP contribution in [0.15, 0.2) is 18.3 Å². The highest BCUT2D eigenvalue weighted by molar-refractivity contribution is 7.17. The number of nitrogens with one attached hydrogen (secondary N) is 2. The molecule has 0 bridgehead atoms. The first-order chi connectivity index (χ1) is 13.8. The molecule has 0 radical (unpaired) electrons. The summed E-state index contributed by atoms with van der Waals surface area (Å²) in [5.74, 6) is -1.42. The van der Waals surface area contributed by atoms with Gasteiger partial charge in [-0.3, -0.25) is 14.4 Å². The highest BCUT2D eigenvalue weighted by Gasteiger charge is 2.39. The van der Waals surface area contributed by atoms with Gasteiger partial charge in [0.2, 0.25) is 5.91 Å². The maximum absolute atomic E-state index is 14.4. The number of benzene rings is 1. The van der Waals surface area contributed by atoms with Gasteiger partial charge in [-0.15, -0.1) is 0 Å². The number of halogens is 1. The molecule has 152 valence electrons. The lowest BCUT2D eigenvalue weighted by atomic mass is 10.1. The minimum Gasteiger partial charge on any atom is -0.375 e. The first-order valence-corrected chi connectivity index (χ1v) is 10.1. The van der Waals surface area contributed by atoms with Crippen LogP contribution in [0.4, 0.5) is 15.2 Å². The molecule has 1 saturated heterocycles. The Hall–Kier alpha value is -3.01. The molecule has 1 aromatic heterocycles. The van der Waals surface area contributed by atoms with E-state index in [0.29, 0.717) is 29.2 Å². The van der Waals surface area contributed by atoms with Crippen molar-refractivity contribution in [1.82, 2.24) is 15.2 Å². The highest BCUT2D eigenvalue weighted by Crippen LogP contribution is 2.32. The maximum Gasteiger partial charge on any atom is 0.267 e. The van der Waals surface area contributed by atoms with Crippen LogP contribution in [0, 0.1) is 18.7 Å². The van der Waals surface area contributed by atoms with Gasteiger partial charge in [0.25, 0.3) is 11.8 Å². The van der Waals surface area contributed by atoms with Gasteiger partial charge in [0, 0.05) is 24.7 Å². The third-order valence-electron chi connectivity index (χ3n) is 5.01. The average Bonchev–Trinajstić information content (AvgIpc) is 3.40. The summed E-state index contributed by atoms with van der Waals surface area (Å²) >= 11 is 1.03. The van der Waals surface area contributed by atoms with Crippen LogP contribution >= 0.6 is 11.3 Å². The maximum atomic E-state index is 14.4. The molecule has 4 rings (SSSR count). The normalized spacial score (nSPS) is 16.3. The number of aromatic nitrogens is 1. The number of carbonyl (C=O) groups is 3. The van der Waals surface area contributed by atoms with Crippen molar-refractivity contribution in [3.63, 3.8) is 0 Å². The van der Waals surface area contributed by atoms with Crippen molar-refractivity contribution < 1.29 is 18.8 Å². The summed E-state index contributed by atoms with van der Waals surface area (Å²) in [4.78, 5) is 42.6. The fourth-order valence-corrected chi connectivity index (χ4v) is 3.74. The number of nitrogens with zero attached hydrogens (tertiary/aromatic N) is 2. The second kappa shape index (κ2) is 7.43. The van der Waals surface area contributed by atoms with E-state index in [4.69, 9.17) is 5.73 Å². The predicted octanol–water partition coefficient (Wildman–Crippen LogP) is 1.78. The van der Waals surface area contributed by atoms with E-state index in [1.54, 1.807) is 11.8 Å². The van der Waals surface area contributed by atoms with Crippen molar-refractivity contribution in [2.75, 3.05) is 24.1 Å². The molecule has 10 heteroatoms. The van der Waals surface area contributed by atoms with Crippen molar-refractivity contribution in [2.24, 2.45) is 5.92 Å². The van der Waals surface area contributed by atoms with E-state index in [2.05, 4.69) is 15.6 Å². The Kier molecular flexibility index (Phi) is 4.95. The average molecular weight is 417 g/mol. The zero-order valence-corrected chi connectivity index (χ0v) is 16.5. The summed E-state index contributed by atoms with van der Waals surface area (Å²) in [7, 11) is 0. The minimum atomic E-state index is -0.676. The second-order valence-corrected chi connectivity index (χ2v) is 8.41. The molecule has 2 aromatic rings. The summed E-state index contributed by atoms with van der Waals surface area (Å²) in [6, 6.07) is 2.31. The van der Waals surface area contributed by atoms with E-state index in [0.717, 1.165) is 24.2 Å². The zero-order chi connectivity index (χ0) is 20.7. The molecule has 1 saturated carbocycles. The molecule has 0 atom stereocenters. The predicted molar refractivity (Wildman–Crippen MR) is 106 cm³/mol. The molecule has 8 nitrogen and oxygen atoms in total. The number of anilines is 2.